The Morgan fingerprint density at radius 3 is 3.14 bits per heavy atom. The third kappa shape index (κ3) is 2.91. The van der Waals surface area contributed by atoms with Crippen molar-refractivity contribution in [1.29, 1.82) is 0 Å². The molecule has 0 amide bonds. The molecule has 0 unspecified atom stereocenters. The Kier molecular flexibility index (Phi) is 3.90. The van der Waals surface area contributed by atoms with Crippen molar-refractivity contribution in [2.75, 3.05) is 13.2 Å². The lowest BCUT2D eigenvalue weighted by atomic mass is 9.94. The van der Waals surface area contributed by atoms with E-state index in [-0.39, 0.29) is 11.9 Å². The SMILES string of the molecule is CCn1cc(C(=O)OC[C@@H]2CCOc3ccccc32)cn1. The smallest absolute Gasteiger partial charge is 0.341 e. The molecule has 1 atom stereocenters. The number of hydrogen-bond acceptors (Lipinski definition) is 4. The van der Waals surface area contributed by atoms with Gasteiger partial charge in [-0.2, -0.15) is 5.10 Å². The highest BCUT2D eigenvalue weighted by Crippen LogP contribution is 2.33. The first-order valence-electron chi connectivity index (χ1n) is 7.19. The van der Waals surface area contributed by atoms with Gasteiger partial charge >= 0.3 is 5.97 Å². The zero-order valence-electron chi connectivity index (χ0n) is 12.0. The van der Waals surface area contributed by atoms with Crippen LogP contribution in [0.1, 0.15) is 35.2 Å². The molecule has 1 aliphatic rings. The van der Waals surface area contributed by atoms with Crippen LogP contribution in [0.3, 0.4) is 0 Å². The minimum Gasteiger partial charge on any atom is -0.493 e. The Morgan fingerprint density at radius 1 is 1.48 bits per heavy atom. The molecule has 0 fully saturated rings. The summed E-state index contributed by atoms with van der Waals surface area (Å²) in [7, 11) is 0. The molecule has 3 rings (SSSR count). The number of carbonyl (C=O) groups is 1. The van der Waals surface area contributed by atoms with E-state index in [9.17, 15) is 4.79 Å². The quantitative estimate of drug-likeness (QED) is 0.811. The third-order valence-electron chi connectivity index (χ3n) is 3.69. The zero-order valence-corrected chi connectivity index (χ0v) is 12.0. The van der Waals surface area contributed by atoms with E-state index in [1.165, 1.54) is 0 Å². The van der Waals surface area contributed by atoms with Crippen LogP contribution in [0.15, 0.2) is 36.7 Å². The summed E-state index contributed by atoms with van der Waals surface area (Å²) < 4.78 is 12.8. The molecule has 110 valence electrons. The minimum absolute atomic E-state index is 0.195. The third-order valence-corrected chi connectivity index (χ3v) is 3.69. The van der Waals surface area contributed by atoms with Crippen LogP contribution in [0.4, 0.5) is 0 Å². The molecule has 1 aromatic heterocycles. The van der Waals surface area contributed by atoms with Crippen LogP contribution in [0.25, 0.3) is 0 Å². The number of hydrogen-bond donors (Lipinski definition) is 0. The van der Waals surface area contributed by atoms with Crippen LogP contribution in [-0.4, -0.2) is 29.0 Å². The van der Waals surface area contributed by atoms with E-state index < -0.39 is 0 Å². The first-order chi connectivity index (χ1) is 10.3. The maximum absolute atomic E-state index is 12.0. The first kappa shape index (κ1) is 13.7. The van der Waals surface area contributed by atoms with E-state index in [4.69, 9.17) is 9.47 Å². The standard InChI is InChI=1S/C16H18N2O3/c1-2-18-10-13(9-17-18)16(19)21-11-12-7-8-20-15-6-4-3-5-14(12)15/h3-6,9-10,12H,2,7-8,11H2,1H3/t12-/m0/s1. The average Bonchev–Trinajstić information content (AvgIpc) is 3.01. The molecular weight excluding hydrogens is 268 g/mol. The van der Waals surface area contributed by atoms with Gasteiger partial charge in [-0.1, -0.05) is 18.2 Å². The van der Waals surface area contributed by atoms with Crippen LogP contribution < -0.4 is 4.74 Å². The molecule has 1 aromatic carbocycles. The van der Waals surface area contributed by atoms with Gasteiger partial charge in [0.05, 0.1) is 25.0 Å². The summed E-state index contributed by atoms with van der Waals surface area (Å²) in [4.78, 5) is 12.0. The summed E-state index contributed by atoms with van der Waals surface area (Å²) in [5, 5.41) is 4.08. The number of aromatic nitrogens is 2. The lowest BCUT2D eigenvalue weighted by Gasteiger charge is -2.25. The molecule has 0 N–H and O–H groups in total. The van der Waals surface area contributed by atoms with Gasteiger partial charge < -0.3 is 9.47 Å². The highest BCUT2D eigenvalue weighted by atomic mass is 16.5. The first-order valence-corrected chi connectivity index (χ1v) is 7.19. The van der Waals surface area contributed by atoms with Crippen molar-refractivity contribution in [2.24, 2.45) is 0 Å². The van der Waals surface area contributed by atoms with Crippen molar-refractivity contribution >= 4 is 5.97 Å². The van der Waals surface area contributed by atoms with Crippen molar-refractivity contribution < 1.29 is 14.3 Å². The zero-order chi connectivity index (χ0) is 14.7. The molecule has 5 heteroatoms. The van der Waals surface area contributed by atoms with Crippen LogP contribution in [0.2, 0.25) is 0 Å². The van der Waals surface area contributed by atoms with Gasteiger partial charge in [-0.25, -0.2) is 4.79 Å². The number of esters is 1. The fourth-order valence-electron chi connectivity index (χ4n) is 2.49. The van der Waals surface area contributed by atoms with Gasteiger partial charge in [0.2, 0.25) is 0 Å². The summed E-state index contributed by atoms with van der Waals surface area (Å²) in [6, 6.07) is 7.91. The van der Waals surface area contributed by atoms with Gasteiger partial charge in [0.25, 0.3) is 0 Å². The maximum atomic E-state index is 12.0. The van der Waals surface area contributed by atoms with E-state index in [0.717, 1.165) is 24.3 Å². The van der Waals surface area contributed by atoms with Gasteiger partial charge in [-0.3, -0.25) is 4.68 Å². The van der Waals surface area contributed by atoms with Crippen molar-refractivity contribution in [3.8, 4) is 5.75 Å². The van der Waals surface area contributed by atoms with E-state index in [1.807, 2.05) is 31.2 Å². The van der Waals surface area contributed by atoms with Crippen molar-refractivity contribution in [3.05, 3.63) is 47.8 Å². The number of benzene rings is 1. The highest BCUT2D eigenvalue weighted by Gasteiger charge is 2.23. The predicted octanol–water partition coefficient (Wildman–Crippen LogP) is 2.63. The van der Waals surface area contributed by atoms with Gasteiger partial charge in [-0.05, 0) is 19.4 Å². The number of fused-ring (bicyclic) bond motifs is 1. The second kappa shape index (κ2) is 5.99. The molecule has 0 saturated heterocycles. The molecule has 0 radical (unpaired) electrons. The molecule has 1 aliphatic heterocycles. The summed E-state index contributed by atoms with van der Waals surface area (Å²) in [6.45, 7) is 3.74. The number of ether oxygens (including phenoxy) is 2. The molecular formula is C16H18N2O3. The predicted molar refractivity (Wildman–Crippen MR) is 77.5 cm³/mol. The van der Waals surface area contributed by atoms with Crippen molar-refractivity contribution in [1.82, 2.24) is 9.78 Å². The van der Waals surface area contributed by atoms with E-state index in [0.29, 0.717) is 18.8 Å². The van der Waals surface area contributed by atoms with Gasteiger partial charge in [0.1, 0.15) is 5.75 Å². The number of carbonyl (C=O) groups excluding carboxylic acids is 1. The summed E-state index contributed by atoms with van der Waals surface area (Å²) in [6.07, 6.45) is 4.11. The van der Waals surface area contributed by atoms with E-state index >= 15 is 0 Å². The molecule has 0 saturated carbocycles. The Labute approximate surface area is 123 Å². The monoisotopic (exact) mass is 286 g/mol. The Balaban J connectivity index is 1.64. The Morgan fingerprint density at radius 2 is 2.33 bits per heavy atom. The van der Waals surface area contributed by atoms with Gasteiger partial charge in [0, 0.05) is 24.2 Å². The molecule has 0 bridgehead atoms. The fraction of sp³-hybridized carbons (Fsp3) is 0.375. The largest absolute Gasteiger partial charge is 0.493 e. The number of nitrogens with zero attached hydrogens (tertiary/aromatic N) is 2. The van der Waals surface area contributed by atoms with Crippen molar-refractivity contribution in [3.63, 3.8) is 0 Å². The number of rotatable bonds is 4. The molecule has 2 aromatic rings. The molecule has 2 heterocycles. The maximum Gasteiger partial charge on any atom is 0.341 e. The average molecular weight is 286 g/mol. The van der Waals surface area contributed by atoms with Crippen LogP contribution >= 0.6 is 0 Å². The molecule has 21 heavy (non-hydrogen) atoms. The summed E-state index contributed by atoms with van der Waals surface area (Å²) in [5.41, 5.74) is 1.61. The Hall–Kier alpha value is -2.30. The van der Waals surface area contributed by atoms with E-state index in [1.54, 1.807) is 17.1 Å². The van der Waals surface area contributed by atoms with Crippen LogP contribution in [0.5, 0.6) is 5.75 Å². The summed E-state index contributed by atoms with van der Waals surface area (Å²) >= 11 is 0. The normalized spacial score (nSPS) is 16.9. The van der Waals surface area contributed by atoms with Crippen LogP contribution in [0, 0.1) is 0 Å². The number of para-hydroxylation sites is 1. The second-order valence-electron chi connectivity index (χ2n) is 5.06. The fourth-order valence-corrected chi connectivity index (χ4v) is 2.49. The molecule has 0 spiro atoms. The van der Waals surface area contributed by atoms with Crippen LogP contribution in [-0.2, 0) is 11.3 Å². The summed E-state index contributed by atoms with van der Waals surface area (Å²) in [5.74, 6) is 0.766. The van der Waals surface area contributed by atoms with Crippen molar-refractivity contribution in [2.45, 2.75) is 25.8 Å². The molecule has 0 aliphatic carbocycles. The number of aryl methyl sites for hydroxylation is 1. The van der Waals surface area contributed by atoms with Gasteiger partial charge in [-0.15, -0.1) is 0 Å². The Bertz CT molecular complexity index is 636. The molecule has 5 nitrogen and oxygen atoms in total. The highest BCUT2D eigenvalue weighted by molar-refractivity contribution is 5.88. The second-order valence-corrected chi connectivity index (χ2v) is 5.06. The minimum atomic E-state index is -0.321. The lowest BCUT2D eigenvalue weighted by Crippen LogP contribution is -2.20. The lowest BCUT2D eigenvalue weighted by molar-refractivity contribution is 0.0459. The van der Waals surface area contributed by atoms with E-state index in [2.05, 4.69) is 5.10 Å². The van der Waals surface area contributed by atoms with Gasteiger partial charge in [0.15, 0.2) is 0 Å². The topological polar surface area (TPSA) is 53.4 Å².